The van der Waals surface area contributed by atoms with Crippen LogP contribution in [0, 0.1) is 5.82 Å². The molecule has 1 saturated heterocycles. The number of nitrogens with two attached hydrogens (primary N) is 1. The van der Waals surface area contributed by atoms with E-state index in [9.17, 15) is 4.39 Å². The van der Waals surface area contributed by atoms with E-state index >= 15 is 0 Å². The van der Waals surface area contributed by atoms with Crippen molar-refractivity contribution in [2.24, 2.45) is 5.73 Å². The van der Waals surface area contributed by atoms with E-state index in [2.05, 4.69) is 4.90 Å². The lowest BCUT2D eigenvalue weighted by atomic mass is 10.1. The maximum absolute atomic E-state index is 12.8. The highest BCUT2D eigenvalue weighted by Gasteiger charge is 2.19. The number of hydrogen-bond donors (Lipinski definition) is 1. The Morgan fingerprint density at radius 2 is 1.89 bits per heavy atom. The van der Waals surface area contributed by atoms with E-state index in [0.29, 0.717) is 0 Å². The zero-order valence-corrected chi connectivity index (χ0v) is 10.6. The molecule has 1 aliphatic rings. The van der Waals surface area contributed by atoms with Gasteiger partial charge in [-0.15, -0.1) is 0 Å². The van der Waals surface area contributed by atoms with Crippen molar-refractivity contribution in [1.29, 1.82) is 0 Å². The van der Waals surface area contributed by atoms with Crippen LogP contribution in [0.15, 0.2) is 24.3 Å². The van der Waals surface area contributed by atoms with Crippen LogP contribution < -0.4 is 10.5 Å². The summed E-state index contributed by atoms with van der Waals surface area (Å²) in [5.41, 5.74) is 5.51. The van der Waals surface area contributed by atoms with Crippen molar-refractivity contribution in [3.05, 3.63) is 30.1 Å². The van der Waals surface area contributed by atoms with Gasteiger partial charge in [-0.25, -0.2) is 4.39 Å². The first-order chi connectivity index (χ1) is 8.78. The Morgan fingerprint density at radius 3 is 2.50 bits per heavy atom. The number of likely N-dealkylation sites (tertiary alicyclic amines) is 1. The van der Waals surface area contributed by atoms with Gasteiger partial charge in [0.1, 0.15) is 17.7 Å². The Kier molecular flexibility index (Phi) is 4.96. The van der Waals surface area contributed by atoms with Crippen LogP contribution in [-0.4, -0.2) is 37.2 Å². The predicted molar refractivity (Wildman–Crippen MR) is 70.2 cm³/mol. The Morgan fingerprint density at radius 1 is 1.22 bits per heavy atom. The molecule has 2 N–H and O–H groups in total. The predicted octanol–water partition coefficient (Wildman–Crippen LogP) is 2.02. The van der Waals surface area contributed by atoms with E-state index in [-0.39, 0.29) is 11.9 Å². The molecule has 1 fully saturated rings. The molecule has 3 nitrogen and oxygen atoms in total. The van der Waals surface area contributed by atoms with Crippen molar-refractivity contribution in [3.8, 4) is 5.75 Å². The molecular weight excluding hydrogens is 231 g/mol. The van der Waals surface area contributed by atoms with E-state index in [0.717, 1.165) is 51.2 Å². The fourth-order valence-electron chi connectivity index (χ4n) is 2.27. The van der Waals surface area contributed by atoms with Crippen LogP contribution in [0.4, 0.5) is 4.39 Å². The van der Waals surface area contributed by atoms with Gasteiger partial charge in [0.25, 0.3) is 0 Å². The normalized spacial score (nSPS) is 17.9. The molecule has 0 radical (unpaired) electrons. The number of hydrogen-bond acceptors (Lipinski definition) is 3. The molecule has 1 heterocycles. The highest BCUT2D eigenvalue weighted by molar-refractivity contribution is 5.22. The largest absolute Gasteiger partial charge is 0.490 e. The topological polar surface area (TPSA) is 38.5 Å². The van der Waals surface area contributed by atoms with Crippen LogP contribution in [0.1, 0.15) is 19.3 Å². The molecule has 1 aromatic rings. The van der Waals surface area contributed by atoms with Crippen molar-refractivity contribution in [3.63, 3.8) is 0 Å². The molecule has 18 heavy (non-hydrogen) atoms. The van der Waals surface area contributed by atoms with Gasteiger partial charge in [0, 0.05) is 13.1 Å². The van der Waals surface area contributed by atoms with Crippen LogP contribution in [-0.2, 0) is 0 Å². The third-order valence-corrected chi connectivity index (χ3v) is 3.33. The number of rotatable bonds is 5. The summed E-state index contributed by atoms with van der Waals surface area (Å²) in [6, 6.07) is 6.25. The van der Waals surface area contributed by atoms with Gasteiger partial charge < -0.3 is 15.4 Å². The minimum absolute atomic E-state index is 0.223. The number of halogens is 1. The van der Waals surface area contributed by atoms with E-state index in [1.54, 1.807) is 12.1 Å². The standard InChI is InChI=1S/C14H21FN2O/c15-12-2-4-13(5-3-12)18-14-6-10-17(11-7-14)9-1-8-16/h2-5,14H,1,6-11,16H2. The maximum Gasteiger partial charge on any atom is 0.123 e. The van der Waals surface area contributed by atoms with Gasteiger partial charge in [0.2, 0.25) is 0 Å². The minimum atomic E-state index is -0.223. The molecule has 100 valence electrons. The van der Waals surface area contributed by atoms with Gasteiger partial charge in [-0.1, -0.05) is 0 Å². The van der Waals surface area contributed by atoms with Crippen molar-refractivity contribution < 1.29 is 9.13 Å². The summed E-state index contributed by atoms with van der Waals surface area (Å²) in [5.74, 6) is 0.538. The molecule has 0 bridgehead atoms. The Bertz CT molecular complexity index is 347. The summed E-state index contributed by atoms with van der Waals surface area (Å²) in [6.07, 6.45) is 3.37. The molecule has 0 amide bonds. The lowest BCUT2D eigenvalue weighted by Gasteiger charge is -2.32. The fraction of sp³-hybridized carbons (Fsp3) is 0.571. The van der Waals surface area contributed by atoms with Gasteiger partial charge in [-0.05, 0) is 56.6 Å². The van der Waals surface area contributed by atoms with Crippen molar-refractivity contribution in [1.82, 2.24) is 4.90 Å². The third-order valence-electron chi connectivity index (χ3n) is 3.33. The fourth-order valence-corrected chi connectivity index (χ4v) is 2.27. The highest BCUT2D eigenvalue weighted by atomic mass is 19.1. The van der Waals surface area contributed by atoms with Crippen LogP contribution in [0.25, 0.3) is 0 Å². The summed E-state index contributed by atoms with van der Waals surface area (Å²) in [5, 5.41) is 0. The van der Waals surface area contributed by atoms with E-state index < -0.39 is 0 Å². The lowest BCUT2D eigenvalue weighted by molar-refractivity contribution is 0.100. The Hall–Kier alpha value is -1.13. The molecule has 0 spiro atoms. The van der Waals surface area contributed by atoms with Gasteiger partial charge in [0.05, 0.1) is 0 Å². The Labute approximate surface area is 108 Å². The maximum atomic E-state index is 12.8. The SMILES string of the molecule is NCCCN1CCC(Oc2ccc(F)cc2)CC1. The van der Waals surface area contributed by atoms with Gasteiger partial charge >= 0.3 is 0 Å². The molecule has 2 rings (SSSR count). The average Bonchev–Trinajstić information content (AvgIpc) is 2.41. The first kappa shape index (κ1) is 13.3. The van der Waals surface area contributed by atoms with Gasteiger partial charge in [0.15, 0.2) is 0 Å². The van der Waals surface area contributed by atoms with Crippen LogP contribution >= 0.6 is 0 Å². The van der Waals surface area contributed by atoms with Crippen molar-refractivity contribution >= 4 is 0 Å². The first-order valence-electron chi connectivity index (χ1n) is 6.62. The average molecular weight is 252 g/mol. The van der Waals surface area contributed by atoms with E-state index in [4.69, 9.17) is 10.5 Å². The van der Waals surface area contributed by atoms with Crippen LogP contribution in [0.3, 0.4) is 0 Å². The molecular formula is C14H21FN2O. The second-order valence-corrected chi connectivity index (χ2v) is 4.75. The molecule has 1 aliphatic heterocycles. The molecule has 4 heteroatoms. The van der Waals surface area contributed by atoms with Crippen molar-refractivity contribution in [2.75, 3.05) is 26.2 Å². The number of piperidine rings is 1. The van der Waals surface area contributed by atoms with E-state index in [1.165, 1.54) is 12.1 Å². The van der Waals surface area contributed by atoms with Crippen LogP contribution in [0.5, 0.6) is 5.75 Å². The highest BCUT2D eigenvalue weighted by Crippen LogP contribution is 2.19. The summed E-state index contributed by atoms with van der Waals surface area (Å²) in [6.45, 7) is 3.96. The zero-order valence-electron chi connectivity index (χ0n) is 10.6. The zero-order chi connectivity index (χ0) is 12.8. The molecule has 0 aliphatic carbocycles. The summed E-state index contributed by atoms with van der Waals surface area (Å²) in [7, 11) is 0. The molecule has 1 aromatic carbocycles. The lowest BCUT2D eigenvalue weighted by Crippen LogP contribution is -2.39. The molecule has 0 aromatic heterocycles. The second-order valence-electron chi connectivity index (χ2n) is 4.75. The monoisotopic (exact) mass is 252 g/mol. The van der Waals surface area contributed by atoms with Crippen LogP contribution in [0.2, 0.25) is 0 Å². The molecule has 0 saturated carbocycles. The number of nitrogens with zero attached hydrogens (tertiary/aromatic N) is 1. The second kappa shape index (κ2) is 6.71. The Balaban J connectivity index is 1.74. The molecule has 0 atom stereocenters. The summed E-state index contributed by atoms with van der Waals surface area (Å²) >= 11 is 0. The van der Waals surface area contributed by atoms with Crippen molar-refractivity contribution in [2.45, 2.75) is 25.4 Å². The first-order valence-corrected chi connectivity index (χ1v) is 6.62. The number of ether oxygens (including phenoxy) is 1. The van der Waals surface area contributed by atoms with E-state index in [1.807, 2.05) is 0 Å². The minimum Gasteiger partial charge on any atom is -0.490 e. The third kappa shape index (κ3) is 3.96. The van der Waals surface area contributed by atoms with Gasteiger partial charge in [-0.3, -0.25) is 0 Å². The quantitative estimate of drug-likeness (QED) is 0.871. The summed E-state index contributed by atoms with van der Waals surface area (Å²) in [4.78, 5) is 2.43. The number of benzene rings is 1. The van der Waals surface area contributed by atoms with Gasteiger partial charge in [-0.2, -0.15) is 0 Å². The molecule has 0 unspecified atom stereocenters. The summed E-state index contributed by atoms with van der Waals surface area (Å²) < 4.78 is 18.6. The smallest absolute Gasteiger partial charge is 0.123 e.